The maximum absolute atomic E-state index is 12.0. The van der Waals surface area contributed by atoms with Crippen molar-refractivity contribution in [2.75, 3.05) is 13.2 Å². The van der Waals surface area contributed by atoms with E-state index >= 15 is 0 Å². The summed E-state index contributed by atoms with van der Waals surface area (Å²) in [7, 11) is 0. The Morgan fingerprint density at radius 1 is 1.50 bits per heavy atom. The van der Waals surface area contributed by atoms with E-state index in [2.05, 4.69) is 27.9 Å². The zero-order chi connectivity index (χ0) is 14.5. The van der Waals surface area contributed by atoms with E-state index < -0.39 is 12.0 Å². The molecule has 1 aliphatic heterocycles. The van der Waals surface area contributed by atoms with E-state index in [4.69, 9.17) is 4.74 Å². The molecule has 1 aromatic rings. The number of carboxylic acid groups (broad SMARTS) is 1. The molecule has 0 spiro atoms. The van der Waals surface area contributed by atoms with Gasteiger partial charge in [-0.3, -0.25) is 4.79 Å². The summed E-state index contributed by atoms with van der Waals surface area (Å²) in [5.74, 6) is -1.48. The second kappa shape index (κ2) is 7.03. The number of ether oxygens (including phenoxy) is 1. The Kier molecular flexibility index (Phi) is 5.36. The summed E-state index contributed by atoms with van der Waals surface area (Å²) in [6, 6.07) is 6.70. The topological polar surface area (TPSA) is 75.6 Å². The van der Waals surface area contributed by atoms with Gasteiger partial charge in [-0.25, -0.2) is 4.79 Å². The summed E-state index contributed by atoms with van der Waals surface area (Å²) in [5, 5.41) is 11.9. The van der Waals surface area contributed by atoms with Crippen molar-refractivity contribution < 1.29 is 19.4 Å². The summed E-state index contributed by atoms with van der Waals surface area (Å²) in [4.78, 5) is 23.3. The second-order valence-electron chi connectivity index (χ2n) is 4.79. The van der Waals surface area contributed by atoms with Gasteiger partial charge in [0.05, 0.1) is 12.5 Å². The first-order chi connectivity index (χ1) is 9.56. The number of carboxylic acids is 1. The minimum atomic E-state index is -1.02. The molecule has 1 saturated heterocycles. The third kappa shape index (κ3) is 4.17. The maximum Gasteiger partial charge on any atom is 0.326 e. The normalized spacial score (nSPS) is 19.6. The average Bonchev–Trinajstić information content (AvgIpc) is 2.91. The molecule has 0 bridgehead atoms. The van der Waals surface area contributed by atoms with Crippen LogP contribution in [0.4, 0.5) is 0 Å². The molecule has 0 radical (unpaired) electrons. The zero-order valence-electron chi connectivity index (χ0n) is 10.8. The van der Waals surface area contributed by atoms with Crippen LogP contribution in [0.25, 0.3) is 0 Å². The zero-order valence-corrected chi connectivity index (χ0v) is 13.0. The van der Waals surface area contributed by atoms with Gasteiger partial charge in [0.25, 0.3) is 0 Å². The van der Waals surface area contributed by atoms with Crippen molar-refractivity contribution in [3.05, 3.63) is 33.4 Å². The Morgan fingerprint density at radius 3 is 2.90 bits per heavy atom. The van der Waals surface area contributed by atoms with Gasteiger partial charge < -0.3 is 15.2 Å². The van der Waals surface area contributed by atoms with Crippen LogP contribution in [0.2, 0.25) is 0 Å². The number of aliphatic carboxylic acids is 1. The van der Waals surface area contributed by atoms with Gasteiger partial charge >= 0.3 is 5.97 Å². The van der Waals surface area contributed by atoms with Crippen molar-refractivity contribution >= 4 is 34.5 Å². The minimum absolute atomic E-state index is 0.229. The molecule has 1 heterocycles. The standard InChI is InChI=1S/C14H16INO4/c15-11-3-1-2-9(6-11)7-12(14(18)19)16-13(17)10-4-5-20-8-10/h1-3,6,10,12H,4-5,7-8H2,(H,16,17)(H,18,19)/t10-,12-/m0/s1. The highest BCUT2D eigenvalue weighted by atomic mass is 127. The number of hydrogen-bond donors (Lipinski definition) is 2. The molecule has 6 heteroatoms. The highest BCUT2D eigenvalue weighted by Gasteiger charge is 2.28. The van der Waals surface area contributed by atoms with Gasteiger partial charge in [-0.1, -0.05) is 12.1 Å². The fourth-order valence-electron chi connectivity index (χ4n) is 2.13. The Bertz CT molecular complexity index is 500. The van der Waals surface area contributed by atoms with Crippen molar-refractivity contribution in [3.8, 4) is 0 Å². The van der Waals surface area contributed by atoms with Crippen LogP contribution < -0.4 is 5.32 Å². The molecular formula is C14H16INO4. The highest BCUT2D eigenvalue weighted by Crippen LogP contribution is 2.14. The van der Waals surface area contributed by atoms with Crippen LogP contribution in [0.5, 0.6) is 0 Å². The molecule has 1 aromatic carbocycles. The van der Waals surface area contributed by atoms with E-state index in [0.717, 1.165) is 9.13 Å². The van der Waals surface area contributed by atoms with E-state index in [1.54, 1.807) is 0 Å². The van der Waals surface area contributed by atoms with Gasteiger partial charge in [-0.2, -0.15) is 0 Å². The molecule has 5 nitrogen and oxygen atoms in total. The van der Waals surface area contributed by atoms with Gasteiger partial charge in [0.1, 0.15) is 6.04 Å². The number of benzene rings is 1. The summed E-state index contributed by atoms with van der Waals surface area (Å²) >= 11 is 2.17. The molecule has 2 N–H and O–H groups in total. The van der Waals surface area contributed by atoms with Crippen LogP contribution in [0, 0.1) is 9.49 Å². The first kappa shape index (κ1) is 15.2. The lowest BCUT2D eigenvalue weighted by molar-refractivity contribution is -0.142. The number of rotatable bonds is 5. The van der Waals surface area contributed by atoms with E-state index in [9.17, 15) is 14.7 Å². The minimum Gasteiger partial charge on any atom is -0.480 e. The number of halogens is 1. The van der Waals surface area contributed by atoms with Gasteiger partial charge in [0.15, 0.2) is 0 Å². The van der Waals surface area contributed by atoms with Crippen LogP contribution >= 0.6 is 22.6 Å². The van der Waals surface area contributed by atoms with Crippen molar-refractivity contribution in [2.24, 2.45) is 5.92 Å². The highest BCUT2D eigenvalue weighted by molar-refractivity contribution is 14.1. The molecule has 1 aliphatic rings. The molecule has 20 heavy (non-hydrogen) atoms. The summed E-state index contributed by atoms with van der Waals surface area (Å²) in [6.07, 6.45) is 0.937. The van der Waals surface area contributed by atoms with E-state index in [-0.39, 0.29) is 18.2 Å². The van der Waals surface area contributed by atoms with E-state index in [1.807, 2.05) is 24.3 Å². The van der Waals surface area contributed by atoms with E-state index in [0.29, 0.717) is 19.6 Å². The molecule has 1 fully saturated rings. The number of carbonyl (C=O) groups is 2. The maximum atomic E-state index is 12.0. The molecule has 2 atom stereocenters. The summed E-state index contributed by atoms with van der Waals surface area (Å²) < 4.78 is 6.19. The average molecular weight is 389 g/mol. The Morgan fingerprint density at radius 2 is 2.30 bits per heavy atom. The molecule has 0 saturated carbocycles. The first-order valence-corrected chi connectivity index (χ1v) is 7.49. The van der Waals surface area contributed by atoms with Crippen LogP contribution in [-0.4, -0.2) is 36.2 Å². The van der Waals surface area contributed by atoms with Gasteiger partial charge in [0, 0.05) is 16.6 Å². The van der Waals surface area contributed by atoms with Crippen LogP contribution in [-0.2, 0) is 20.7 Å². The van der Waals surface area contributed by atoms with Crippen molar-refractivity contribution in [1.82, 2.24) is 5.32 Å². The molecule has 0 unspecified atom stereocenters. The van der Waals surface area contributed by atoms with Gasteiger partial charge in [-0.05, 0) is 46.7 Å². The van der Waals surface area contributed by atoms with Crippen molar-refractivity contribution in [2.45, 2.75) is 18.9 Å². The SMILES string of the molecule is O=C(N[C@@H](Cc1cccc(I)c1)C(=O)O)[C@H]1CCOC1. The molecule has 108 valence electrons. The molecular weight excluding hydrogens is 373 g/mol. The predicted octanol–water partition coefficient (Wildman–Crippen LogP) is 1.44. The molecule has 0 aromatic heterocycles. The first-order valence-electron chi connectivity index (χ1n) is 6.41. The quantitative estimate of drug-likeness (QED) is 0.748. The predicted molar refractivity (Wildman–Crippen MR) is 81.4 cm³/mol. The fraction of sp³-hybridized carbons (Fsp3) is 0.429. The smallest absolute Gasteiger partial charge is 0.326 e. The molecule has 2 rings (SSSR count). The third-order valence-electron chi connectivity index (χ3n) is 3.24. The van der Waals surface area contributed by atoms with Crippen LogP contribution in [0.3, 0.4) is 0 Å². The lowest BCUT2D eigenvalue weighted by atomic mass is 10.0. The number of hydrogen-bond acceptors (Lipinski definition) is 3. The Labute approximate surface area is 130 Å². The molecule has 0 aliphatic carbocycles. The van der Waals surface area contributed by atoms with Gasteiger partial charge in [-0.15, -0.1) is 0 Å². The Balaban J connectivity index is 2.00. The third-order valence-corrected chi connectivity index (χ3v) is 3.91. The summed E-state index contributed by atoms with van der Waals surface area (Å²) in [5.41, 5.74) is 0.896. The second-order valence-corrected chi connectivity index (χ2v) is 6.04. The number of nitrogens with one attached hydrogen (secondary N) is 1. The number of carbonyl (C=O) groups excluding carboxylic acids is 1. The van der Waals surface area contributed by atoms with Crippen molar-refractivity contribution in [3.63, 3.8) is 0 Å². The number of amides is 1. The van der Waals surface area contributed by atoms with Crippen LogP contribution in [0.15, 0.2) is 24.3 Å². The summed E-state index contributed by atoms with van der Waals surface area (Å²) in [6.45, 7) is 0.939. The fourth-order valence-corrected chi connectivity index (χ4v) is 2.74. The lowest BCUT2D eigenvalue weighted by Gasteiger charge is -2.17. The monoisotopic (exact) mass is 389 g/mol. The van der Waals surface area contributed by atoms with Gasteiger partial charge in [0.2, 0.25) is 5.91 Å². The largest absolute Gasteiger partial charge is 0.480 e. The molecule has 1 amide bonds. The van der Waals surface area contributed by atoms with Crippen molar-refractivity contribution in [1.29, 1.82) is 0 Å². The Hall–Kier alpha value is -1.15. The van der Waals surface area contributed by atoms with E-state index in [1.165, 1.54) is 0 Å². The van der Waals surface area contributed by atoms with Crippen LogP contribution in [0.1, 0.15) is 12.0 Å². The lowest BCUT2D eigenvalue weighted by Crippen LogP contribution is -2.45.